The molecule has 0 aliphatic carbocycles. The van der Waals surface area contributed by atoms with E-state index in [2.05, 4.69) is 10.4 Å². The van der Waals surface area contributed by atoms with Crippen LogP contribution in [0, 0.1) is 5.92 Å². The van der Waals surface area contributed by atoms with Crippen LogP contribution < -0.4 is 5.32 Å². The predicted molar refractivity (Wildman–Crippen MR) is 83.1 cm³/mol. The Balaban J connectivity index is 1.51. The average Bonchev–Trinajstić information content (AvgIpc) is 3.25. The number of nitrogens with one attached hydrogen (secondary N) is 1. The topological polar surface area (TPSA) is 77.9 Å². The molecule has 23 heavy (non-hydrogen) atoms. The highest BCUT2D eigenvalue weighted by Gasteiger charge is 2.32. The van der Waals surface area contributed by atoms with E-state index in [0.717, 1.165) is 19.4 Å². The van der Waals surface area contributed by atoms with Crippen molar-refractivity contribution in [1.82, 2.24) is 14.7 Å². The molecule has 2 saturated heterocycles. The van der Waals surface area contributed by atoms with E-state index in [4.69, 9.17) is 14.2 Å². The molecule has 2 fully saturated rings. The van der Waals surface area contributed by atoms with E-state index in [0.29, 0.717) is 38.6 Å². The van der Waals surface area contributed by atoms with Crippen molar-refractivity contribution in [1.29, 1.82) is 0 Å². The van der Waals surface area contributed by atoms with E-state index in [1.54, 1.807) is 18.0 Å². The molecule has 1 atom stereocenters. The van der Waals surface area contributed by atoms with Crippen molar-refractivity contribution in [3.05, 3.63) is 12.4 Å². The molecular formula is C15H24N4O4. The number of aromatic nitrogens is 2. The number of rotatable bonds is 5. The number of amides is 2. The largest absolute Gasteiger partial charge is 0.383 e. The molecule has 0 saturated carbocycles. The zero-order chi connectivity index (χ0) is 16.1. The average molecular weight is 324 g/mol. The number of nitrogens with zero attached hydrogens (tertiary/aromatic N) is 3. The number of carbonyl (C=O) groups excluding carboxylic acids is 1. The SMILES string of the molecule is COCCn1cc(NC(=O)N2CCCC(C3OCCO3)C2)cn1. The summed E-state index contributed by atoms with van der Waals surface area (Å²) in [6.07, 6.45) is 5.29. The minimum atomic E-state index is -0.164. The van der Waals surface area contributed by atoms with Crippen LogP contribution in [0.4, 0.5) is 10.5 Å². The van der Waals surface area contributed by atoms with Crippen LogP contribution in [0.25, 0.3) is 0 Å². The summed E-state index contributed by atoms with van der Waals surface area (Å²) >= 11 is 0. The van der Waals surface area contributed by atoms with E-state index in [1.807, 2.05) is 11.1 Å². The molecule has 3 heterocycles. The molecule has 0 radical (unpaired) electrons. The normalized spacial score (nSPS) is 22.5. The van der Waals surface area contributed by atoms with Gasteiger partial charge >= 0.3 is 6.03 Å². The Labute approximate surface area is 135 Å². The van der Waals surface area contributed by atoms with Gasteiger partial charge in [0.2, 0.25) is 0 Å². The maximum atomic E-state index is 12.4. The molecular weight excluding hydrogens is 300 g/mol. The Kier molecular flexibility index (Phi) is 5.47. The van der Waals surface area contributed by atoms with Gasteiger partial charge in [-0.3, -0.25) is 4.68 Å². The van der Waals surface area contributed by atoms with Gasteiger partial charge < -0.3 is 24.4 Å². The number of hydrogen-bond acceptors (Lipinski definition) is 5. The molecule has 2 aliphatic rings. The number of carbonyl (C=O) groups is 1. The molecule has 1 aromatic rings. The smallest absolute Gasteiger partial charge is 0.321 e. The molecule has 0 bridgehead atoms. The van der Waals surface area contributed by atoms with Gasteiger partial charge in [0.1, 0.15) is 0 Å². The van der Waals surface area contributed by atoms with Crippen molar-refractivity contribution in [2.75, 3.05) is 45.3 Å². The highest BCUT2D eigenvalue weighted by molar-refractivity contribution is 5.89. The van der Waals surface area contributed by atoms with Crippen molar-refractivity contribution in [2.24, 2.45) is 5.92 Å². The van der Waals surface area contributed by atoms with Crippen LogP contribution in [0.5, 0.6) is 0 Å². The van der Waals surface area contributed by atoms with E-state index in [1.165, 1.54) is 0 Å². The number of hydrogen-bond donors (Lipinski definition) is 1. The van der Waals surface area contributed by atoms with Crippen LogP contribution in [-0.4, -0.2) is 67.0 Å². The zero-order valence-corrected chi connectivity index (χ0v) is 13.4. The maximum absolute atomic E-state index is 12.4. The number of ether oxygens (including phenoxy) is 3. The summed E-state index contributed by atoms with van der Waals surface area (Å²) in [5, 5.41) is 7.09. The lowest BCUT2D eigenvalue weighted by Crippen LogP contribution is -2.45. The highest BCUT2D eigenvalue weighted by atomic mass is 16.7. The molecule has 8 nitrogen and oxygen atoms in total. The van der Waals surface area contributed by atoms with Gasteiger partial charge in [0, 0.05) is 32.3 Å². The van der Waals surface area contributed by atoms with Gasteiger partial charge in [-0.15, -0.1) is 0 Å². The third-order valence-electron chi connectivity index (χ3n) is 4.19. The van der Waals surface area contributed by atoms with Gasteiger partial charge in [0.25, 0.3) is 0 Å². The van der Waals surface area contributed by atoms with Crippen LogP contribution in [-0.2, 0) is 20.8 Å². The van der Waals surface area contributed by atoms with Crippen LogP contribution in [0.3, 0.4) is 0 Å². The fourth-order valence-corrected chi connectivity index (χ4v) is 3.00. The Morgan fingerprint density at radius 2 is 2.30 bits per heavy atom. The number of piperidine rings is 1. The van der Waals surface area contributed by atoms with E-state index >= 15 is 0 Å². The summed E-state index contributed by atoms with van der Waals surface area (Å²) in [7, 11) is 1.65. The van der Waals surface area contributed by atoms with Crippen molar-refractivity contribution in [3.8, 4) is 0 Å². The molecule has 128 valence electrons. The maximum Gasteiger partial charge on any atom is 0.321 e. The second-order valence-corrected chi connectivity index (χ2v) is 5.87. The number of methoxy groups -OCH3 is 1. The van der Waals surface area contributed by atoms with Gasteiger partial charge in [-0.05, 0) is 12.8 Å². The number of urea groups is 1. The first-order valence-corrected chi connectivity index (χ1v) is 8.07. The monoisotopic (exact) mass is 324 g/mol. The second kappa shape index (κ2) is 7.76. The van der Waals surface area contributed by atoms with Crippen molar-refractivity contribution in [3.63, 3.8) is 0 Å². The molecule has 0 aromatic carbocycles. The summed E-state index contributed by atoms with van der Waals surface area (Å²) in [5.41, 5.74) is 0.696. The van der Waals surface area contributed by atoms with Crippen LogP contribution in [0.1, 0.15) is 12.8 Å². The Morgan fingerprint density at radius 1 is 1.48 bits per heavy atom. The molecule has 1 N–H and O–H groups in total. The van der Waals surface area contributed by atoms with Gasteiger partial charge in [-0.1, -0.05) is 0 Å². The highest BCUT2D eigenvalue weighted by Crippen LogP contribution is 2.25. The third-order valence-corrected chi connectivity index (χ3v) is 4.19. The minimum Gasteiger partial charge on any atom is -0.383 e. The number of likely N-dealkylation sites (tertiary alicyclic amines) is 1. The minimum absolute atomic E-state index is 0.0982. The van der Waals surface area contributed by atoms with Crippen molar-refractivity contribution in [2.45, 2.75) is 25.7 Å². The van der Waals surface area contributed by atoms with Crippen LogP contribution in [0.2, 0.25) is 0 Å². The first-order valence-electron chi connectivity index (χ1n) is 8.07. The molecule has 2 amide bonds. The predicted octanol–water partition coefficient (Wildman–Crippen LogP) is 1.15. The molecule has 3 rings (SSSR count). The first kappa shape index (κ1) is 16.2. The molecule has 1 aromatic heterocycles. The van der Waals surface area contributed by atoms with Gasteiger partial charge in [0.15, 0.2) is 6.29 Å². The Morgan fingerprint density at radius 3 is 3.09 bits per heavy atom. The molecule has 8 heteroatoms. The lowest BCUT2D eigenvalue weighted by Gasteiger charge is -2.34. The second-order valence-electron chi connectivity index (χ2n) is 5.87. The molecule has 1 unspecified atom stereocenters. The quantitative estimate of drug-likeness (QED) is 0.879. The summed E-state index contributed by atoms with van der Waals surface area (Å²) in [5.74, 6) is 0.251. The Bertz CT molecular complexity index is 515. The standard InChI is InChI=1S/C15H24N4O4/c1-21-6-5-19-11-13(9-16-19)17-15(20)18-4-2-3-12(10-18)14-22-7-8-23-14/h9,11-12,14H,2-8,10H2,1H3,(H,17,20). The molecule has 2 aliphatic heterocycles. The first-order chi connectivity index (χ1) is 11.3. The van der Waals surface area contributed by atoms with E-state index in [-0.39, 0.29) is 18.2 Å². The number of anilines is 1. The van der Waals surface area contributed by atoms with Crippen molar-refractivity contribution < 1.29 is 19.0 Å². The fourth-order valence-electron chi connectivity index (χ4n) is 3.00. The Hall–Kier alpha value is -1.64. The fraction of sp³-hybridized carbons (Fsp3) is 0.733. The van der Waals surface area contributed by atoms with Crippen LogP contribution in [0.15, 0.2) is 12.4 Å². The summed E-state index contributed by atoms with van der Waals surface area (Å²) in [4.78, 5) is 14.2. The van der Waals surface area contributed by atoms with E-state index in [9.17, 15) is 4.79 Å². The summed E-state index contributed by atoms with van der Waals surface area (Å²) in [6.45, 7) is 3.96. The van der Waals surface area contributed by atoms with Gasteiger partial charge in [-0.2, -0.15) is 5.10 Å². The van der Waals surface area contributed by atoms with Crippen molar-refractivity contribution >= 4 is 11.7 Å². The van der Waals surface area contributed by atoms with Crippen LogP contribution >= 0.6 is 0 Å². The zero-order valence-electron chi connectivity index (χ0n) is 13.4. The van der Waals surface area contributed by atoms with Gasteiger partial charge in [0.05, 0.1) is 38.2 Å². The lowest BCUT2D eigenvalue weighted by molar-refractivity contribution is -0.0959. The third kappa shape index (κ3) is 4.21. The summed E-state index contributed by atoms with van der Waals surface area (Å²) < 4.78 is 17.9. The molecule has 0 spiro atoms. The van der Waals surface area contributed by atoms with Gasteiger partial charge in [-0.25, -0.2) is 4.79 Å². The lowest BCUT2D eigenvalue weighted by atomic mass is 9.98. The van der Waals surface area contributed by atoms with E-state index < -0.39 is 0 Å². The summed E-state index contributed by atoms with van der Waals surface area (Å²) in [6, 6.07) is -0.0982.